The van der Waals surface area contributed by atoms with Crippen molar-refractivity contribution >= 4 is 5.97 Å². The topological polar surface area (TPSA) is 52.6 Å². The van der Waals surface area contributed by atoms with Crippen molar-refractivity contribution in [2.45, 2.75) is 45.6 Å². The van der Waals surface area contributed by atoms with Crippen LogP contribution >= 0.6 is 0 Å². The number of aliphatic carboxylic acids is 1. The van der Waals surface area contributed by atoms with Gasteiger partial charge in [-0.25, -0.2) is 0 Å². The smallest absolute Gasteiger partial charge is 0.307 e. The summed E-state index contributed by atoms with van der Waals surface area (Å²) in [5.41, 5.74) is 0. The van der Waals surface area contributed by atoms with Crippen molar-refractivity contribution in [2.24, 2.45) is 5.92 Å². The van der Waals surface area contributed by atoms with Gasteiger partial charge in [-0.3, -0.25) is 4.79 Å². The van der Waals surface area contributed by atoms with E-state index in [1.807, 2.05) is 0 Å². The molecule has 0 bridgehead atoms. The van der Waals surface area contributed by atoms with Gasteiger partial charge in [0.2, 0.25) is 0 Å². The summed E-state index contributed by atoms with van der Waals surface area (Å²) in [4.78, 5) is 13.2. The van der Waals surface area contributed by atoms with Crippen LogP contribution in [0, 0.1) is 5.92 Å². The van der Waals surface area contributed by atoms with Gasteiger partial charge < -0.3 is 15.3 Å². The Labute approximate surface area is 104 Å². The Hall–Kier alpha value is -0.610. The standard InChI is InChI=1S/C13H26N2O2/c1-3-8-15(9-11(2)13(16)17)10-12-6-4-5-7-14-12/h11-12,14H,3-10H2,1-2H3,(H,16,17). The summed E-state index contributed by atoms with van der Waals surface area (Å²) >= 11 is 0. The van der Waals surface area contributed by atoms with E-state index in [9.17, 15) is 4.79 Å². The van der Waals surface area contributed by atoms with Gasteiger partial charge in [0, 0.05) is 19.1 Å². The SMILES string of the molecule is CCCN(CC1CCCCN1)CC(C)C(=O)O. The molecular formula is C13H26N2O2. The highest BCUT2D eigenvalue weighted by Crippen LogP contribution is 2.10. The molecule has 0 radical (unpaired) electrons. The molecule has 0 aromatic rings. The van der Waals surface area contributed by atoms with Gasteiger partial charge in [-0.2, -0.15) is 0 Å². The fraction of sp³-hybridized carbons (Fsp3) is 0.923. The van der Waals surface area contributed by atoms with E-state index in [2.05, 4.69) is 17.1 Å². The normalized spacial score (nSPS) is 22.6. The number of rotatable bonds is 7. The third-order valence-corrected chi connectivity index (χ3v) is 3.38. The first-order valence-corrected chi connectivity index (χ1v) is 6.82. The summed E-state index contributed by atoms with van der Waals surface area (Å²) in [7, 11) is 0. The molecule has 1 rings (SSSR count). The molecule has 2 unspecified atom stereocenters. The first-order chi connectivity index (χ1) is 8.13. The summed E-state index contributed by atoms with van der Waals surface area (Å²) in [6.45, 7) is 7.70. The van der Waals surface area contributed by atoms with Crippen LogP contribution in [0.3, 0.4) is 0 Å². The largest absolute Gasteiger partial charge is 0.481 e. The van der Waals surface area contributed by atoms with Crippen molar-refractivity contribution in [3.05, 3.63) is 0 Å². The zero-order valence-electron chi connectivity index (χ0n) is 11.1. The van der Waals surface area contributed by atoms with Gasteiger partial charge in [0.1, 0.15) is 0 Å². The minimum Gasteiger partial charge on any atom is -0.481 e. The molecule has 0 aromatic heterocycles. The molecule has 1 fully saturated rings. The number of carboxylic acid groups (broad SMARTS) is 1. The van der Waals surface area contributed by atoms with E-state index < -0.39 is 5.97 Å². The molecular weight excluding hydrogens is 216 g/mol. The fourth-order valence-corrected chi connectivity index (χ4v) is 2.43. The summed E-state index contributed by atoms with van der Waals surface area (Å²) in [6.07, 6.45) is 4.88. The van der Waals surface area contributed by atoms with Crippen LogP contribution in [0.4, 0.5) is 0 Å². The third kappa shape index (κ3) is 5.50. The van der Waals surface area contributed by atoms with E-state index in [-0.39, 0.29) is 5.92 Å². The highest BCUT2D eigenvalue weighted by Gasteiger charge is 2.20. The number of carboxylic acids is 1. The molecule has 2 atom stereocenters. The van der Waals surface area contributed by atoms with E-state index in [0.717, 1.165) is 26.1 Å². The maximum absolute atomic E-state index is 10.9. The molecule has 1 aliphatic heterocycles. The monoisotopic (exact) mass is 242 g/mol. The van der Waals surface area contributed by atoms with Crippen LogP contribution in [0.5, 0.6) is 0 Å². The van der Waals surface area contributed by atoms with Gasteiger partial charge in [0.15, 0.2) is 0 Å². The van der Waals surface area contributed by atoms with E-state index in [4.69, 9.17) is 5.11 Å². The Morgan fingerprint density at radius 3 is 2.82 bits per heavy atom. The lowest BCUT2D eigenvalue weighted by atomic mass is 10.0. The number of nitrogens with zero attached hydrogens (tertiary/aromatic N) is 1. The lowest BCUT2D eigenvalue weighted by Crippen LogP contribution is -2.45. The van der Waals surface area contributed by atoms with Crippen molar-refractivity contribution in [3.8, 4) is 0 Å². The predicted octanol–water partition coefficient (Wildman–Crippen LogP) is 1.56. The molecule has 0 aliphatic carbocycles. The molecule has 1 aliphatic rings. The van der Waals surface area contributed by atoms with Crippen LogP contribution in [-0.4, -0.2) is 48.2 Å². The van der Waals surface area contributed by atoms with Crippen molar-refractivity contribution < 1.29 is 9.90 Å². The van der Waals surface area contributed by atoms with E-state index in [0.29, 0.717) is 12.6 Å². The number of hydrogen-bond donors (Lipinski definition) is 2. The maximum Gasteiger partial charge on any atom is 0.307 e. The zero-order valence-corrected chi connectivity index (χ0v) is 11.1. The van der Waals surface area contributed by atoms with E-state index in [1.165, 1.54) is 19.3 Å². The molecule has 1 heterocycles. The van der Waals surface area contributed by atoms with Gasteiger partial charge >= 0.3 is 5.97 Å². The second-order valence-electron chi connectivity index (χ2n) is 5.15. The lowest BCUT2D eigenvalue weighted by molar-refractivity contribution is -0.141. The first kappa shape index (κ1) is 14.5. The summed E-state index contributed by atoms with van der Waals surface area (Å²) in [5, 5.41) is 12.5. The van der Waals surface area contributed by atoms with Gasteiger partial charge in [0.05, 0.1) is 5.92 Å². The van der Waals surface area contributed by atoms with Gasteiger partial charge in [0.25, 0.3) is 0 Å². The maximum atomic E-state index is 10.9. The second kappa shape index (κ2) is 7.67. The summed E-state index contributed by atoms with van der Waals surface area (Å²) < 4.78 is 0. The van der Waals surface area contributed by atoms with Crippen molar-refractivity contribution in [3.63, 3.8) is 0 Å². The average Bonchev–Trinajstić information content (AvgIpc) is 2.30. The van der Waals surface area contributed by atoms with Gasteiger partial charge in [-0.05, 0) is 32.4 Å². The number of carbonyl (C=O) groups is 1. The molecule has 0 amide bonds. The Bertz CT molecular complexity index is 227. The fourth-order valence-electron chi connectivity index (χ4n) is 2.43. The Balaban J connectivity index is 2.38. The molecule has 4 nitrogen and oxygen atoms in total. The minimum absolute atomic E-state index is 0.273. The van der Waals surface area contributed by atoms with E-state index in [1.54, 1.807) is 6.92 Å². The lowest BCUT2D eigenvalue weighted by Gasteiger charge is -2.31. The van der Waals surface area contributed by atoms with E-state index >= 15 is 0 Å². The van der Waals surface area contributed by atoms with Crippen LogP contribution in [0.25, 0.3) is 0 Å². The highest BCUT2D eigenvalue weighted by atomic mass is 16.4. The summed E-state index contributed by atoms with van der Waals surface area (Å²) in [6, 6.07) is 0.552. The molecule has 1 saturated heterocycles. The Morgan fingerprint density at radius 1 is 1.53 bits per heavy atom. The number of hydrogen-bond acceptors (Lipinski definition) is 3. The number of piperidine rings is 1. The zero-order chi connectivity index (χ0) is 12.7. The van der Waals surface area contributed by atoms with Gasteiger partial charge in [-0.15, -0.1) is 0 Å². The van der Waals surface area contributed by atoms with Crippen LogP contribution < -0.4 is 5.32 Å². The highest BCUT2D eigenvalue weighted by molar-refractivity contribution is 5.69. The molecule has 4 heteroatoms. The third-order valence-electron chi connectivity index (χ3n) is 3.38. The Kier molecular flexibility index (Phi) is 6.52. The van der Waals surface area contributed by atoms with Crippen LogP contribution in [0.15, 0.2) is 0 Å². The van der Waals surface area contributed by atoms with Crippen molar-refractivity contribution in [1.82, 2.24) is 10.2 Å². The van der Waals surface area contributed by atoms with Crippen LogP contribution in [-0.2, 0) is 4.79 Å². The summed E-state index contributed by atoms with van der Waals surface area (Å²) in [5.74, 6) is -0.965. The molecule has 17 heavy (non-hydrogen) atoms. The Morgan fingerprint density at radius 2 is 2.29 bits per heavy atom. The van der Waals surface area contributed by atoms with Crippen molar-refractivity contribution in [2.75, 3.05) is 26.2 Å². The molecule has 0 aromatic carbocycles. The molecule has 2 N–H and O–H groups in total. The second-order valence-corrected chi connectivity index (χ2v) is 5.15. The number of nitrogens with one attached hydrogen (secondary N) is 1. The molecule has 0 spiro atoms. The predicted molar refractivity (Wildman–Crippen MR) is 69.2 cm³/mol. The van der Waals surface area contributed by atoms with Crippen molar-refractivity contribution in [1.29, 1.82) is 0 Å². The van der Waals surface area contributed by atoms with Crippen LogP contribution in [0.2, 0.25) is 0 Å². The van der Waals surface area contributed by atoms with Gasteiger partial charge in [-0.1, -0.05) is 20.3 Å². The minimum atomic E-state index is -0.692. The average molecular weight is 242 g/mol. The first-order valence-electron chi connectivity index (χ1n) is 6.82. The van der Waals surface area contributed by atoms with Crippen LogP contribution in [0.1, 0.15) is 39.5 Å². The molecule has 100 valence electrons. The molecule has 0 saturated carbocycles. The quantitative estimate of drug-likeness (QED) is 0.711.